The van der Waals surface area contributed by atoms with Gasteiger partial charge in [0.2, 0.25) is 0 Å². The summed E-state index contributed by atoms with van der Waals surface area (Å²) in [5, 5.41) is 7.22. The van der Waals surface area contributed by atoms with Crippen molar-refractivity contribution < 1.29 is 4.79 Å². The van der Waals surface area contributed by atoms with Crippen LogP contribution in [0.1, 0.15) is 10.4 Å². The number of para-hydroxylation sites is 1. The lowest BCUT2D eigenvalue weighted by Gasteiger charge is -2.11. The predicted molar refractivity (Wildman–Crippen MR) is 131 cm³/mol. The first-order valence-electron chi connectivity index (χ1n) is 9.07. The third-order valence-electron chi connectivity index (χ3n) is 4.49. The molecule has 0 fully saturated rings. The van der Waals surface area contributed by atoms with Crippen LogP contribution in [0.3, 0.4) is 0 Å². The Labute approximate surface area is 195 Å². The molecule has 10 heteroatoms. The van der Waals surface area contributed by atoms with Crippen LogP contribution in [0, 0.1) is 0 Å². The first kappa shape index (κ1) is 20.0. The van der Waals surface area contributed by atoms with Crippen molar-refractivity contribution in [3.05, 3.63) is 71.2 Å². The highest BCUT2D eigenvalue weighted by Gasteiger charge is 2.13. The Hall–Kier alpha value is -2.98. The number of benzene rings is 3. The number of halogens is 1. The average molecular weight is 482 g/mol. The Morgan fingerprint density at radius 1 is 0.968 bits per heavy atom. The van der Waals surface area contributed by atoms with Crippen LogP contribution < -0.4 is 10.6 Å². The minimum atomic E-state index is -0.329. The summed E-state index contributed by atoms with van der Waals surface area (Å²) < 4.78 is 9.38. The summed E-state index contributed by atoms with van der Waals surface area (Å²) in [4.78, 5) is 17.1. The molecule has 3 aromatic carbocycles. The van der Waals surface area contributed by atoms with Crippen molar-refractivity contribution in [1.82, 2.24) is 19.0 Å². The van der Waals surface area contributed by atoms with Gasteiger partial charge in [0.1, 0.15) is 16.0 Å². The van der Waals surface area contributed by atoms with Crippen LogP contribution in [-0.2, 0) is 0 Å². The minimum absolute atomic E-state index is 0.172. The predicted octanol–water partition coefficient (Wildman–Crippen LogP) is 5.75. The number of nitrogens with zero attached hydrogens (tertiary/aromatic N) is 3. The Morgan fingerprint density at radius 3 is 2.65 bits per heavy atom. The van der Waals surface area contributed by atoms with Crippen LogP contribution in [-0.4, -0.2) is 24.8 Å². The molecule has 6 nitrogen and oxygen atoms in total. The van der Waals surface area contributed by atoms with E-state index in [0.717, 1.165) is 38.0 Å². The lowest BCUT2D eigenvalue weighted by atomic mass is 10.2. The normalized spacial score (nSPS) is 11.0. The van der Waals surface area contributed by atoms with E-state index >= 15 is 0 Å². The maximum atomic E-state index is 12.5. The van der Waals surface area contributed by atoms with Crippen LogP contribution in [0.5, 0.6) is 0 Å². The number of carbonyl (C=O) groups is 1. The molecule has 0 radical (unpaired) electrons. The molecule has 1 amide bonds. The number of carbonyl (C=O) groups excluding carboxylic acids is 1. The second kappa shape index (κ2) is 8.27. The molecule has 0 aliphatic heterocycles. The van der Waals surface area contributed by atoms with Gasteiger partial charge < -0.3 is 5.32 Å². The molecule has 152 valence electrons. The van der Waals surface area contributed by atoms with Crippen molar-refractivity contribution >= 4 is 84.8 Å². The van der Waals surface area contributed by atoms with Gasteiger partial charge in [-0.05, 0) is 60.7 Å². The van der Waals surface area contributed by atoms with Crippen molar-refractivity contribution in [2.45, 2.75) is 0 Å². The SMILES string of the molecule is O=C(NC(=S)Nc1ccc(-c2nc3ccccc3s2)c(Cl)c1)c1ccc2nsnc2c1. The van der Waals surface area contributed by atoms with Gasteiger partial charge in [0.25, 0.3) is 5.91 Å². The van der Waals surface area contributed by atoms with Crippen molar-refractivity contribution in [3.63, 3.8) is 0 Å². The second-order valence-electron chi connectivity index (χ2n) is 6.56. The Bertz CT molecular complexity index is 1430. The van der Waals surface area contributed by atoms with E-state index in [1.807, 2.05) is 36.4 Å². The molecule has 0 unspecified atom stereocenters. The molecule has 0 saturated heterocycles. The van der Waals surface area contributed by atoms with Crippen LogP contribution in [0.2, 0.25) is 5.02 Å². The summed E-state index contributed by atoms with van der Waals surface area (Å²) in [6.45, 7) is 0. The number of hydrogen-bond donors (Lipinski definition) is 2. The molecule has 31 heavy (non-hydrogen) atoms. The van der Waals surface area contributed by atoms with Gasteiger partial charge in [0, 0.05) is 16.8 Å². The number of aromatic nitrogens is 3. The largest absolute Gasteiger partial charge is 0.332 e. The van der Waals surface area contributed by atoms with Gasteiger partial charge in [-0.3, -0.25) is 10.1 Å². The molecule has 0 saturated carbocycles. The fourth-order valence-electron chi connectivity index (χ4n) is 3.01. The molecule has 2 aromatic heterocycles. The zero-order chi connectivity index (χ0) is 21.4. The molecule has 0 spiro atoms. The van der Waals surface area contributed by atoms with Crippen LogP contribution in [0.4, 0.5) is 5.69 Å². The van der Waals surface area contributed by atoms with Crippen molar-refractivity contribution in [2.75, 3.05) is 5.32 Å². The van der Waals surface area contributed by atoms with Gasteiger partial charge in [0.05, 0.1) is 27.0 Å². The third-order valence-corrected chi connectivity index (χ3v) is 6.64. The smallest absolute Gasteiger partial charge is 0.257 e. The van der Waals surface area contributed by atoms with E-state index in [2.05, 4.69) is 24.4 Å². The average Bonchev–Trinajstić information content (AvgIpc) is 3.39. The molecule has 5 aromatic rings. The zero-order valence-electron chi connectivity index (χ0n) is 15.6. The van der Waals surface area contributed by atoms with Crippen molar-refractivity contribution in [3.8, 4) is 10.6 Å². The first-order chi connectivity index (χ1) is 15.1. The summed E-state index contributed by atoms with van der Waals surface area (Å²) >= 11 is 14.5. The summed E-state index contributed by atoms with van der Waals surface area (Å²) in [6, 6.07) is 18.6. The molecule has 0 aliphatic rings. The highest BCUT2D eigenvalue weighted by Crippen LogP contribution is 2.35. The number of anilines is 1. The lowest BCUT2D eigenvalue weighted by Crippen LogP contribution is -2.34. The van der Waals surface area contributed by atoms with E-state index in [1.54, 1.807) is 35.6 Å². The summed E-state index contributed by atoms with van der Waals surface area (Å²) in [7, 11) is 0. The van der Waals surface area contributed by atoms with Gasteiger partial charge in [-0.25, -0.2) is 4.98 Å². The van der Waals surface area contributed by atoms with Crippen LogP contribution >= 0.6 is 46.9 Å². The number of nitrogens with one attached hydrogen (secondary N) is 2. The highest BCUT2D eigenvalue weighted by molar-refractivity contribution is 7.80. The van der Waals surface area contributed by atoms with Crippen LogP contribution in [0.25, 0.3) is 31.8 Å². The van der Waals surface area contributed by atoms with E-state index in [0.29, 0.717) is 21.8 Å². The summed E-state index contributed by atoms with van der Waals surface area (Å²) in [5.74, 6) is -0.329. The fourth-order valence-corrected chi connectivity index (χ4v) is 5.07. The van der Waals surface area contributed by atoms with Gasteiger partial charge in [-0.15, -0.1) is 11.3 Å². The molecule has 2 N–H and O–H groups in total. The van der Waals surface area contributed by atoms with E-state index in [9.17, 15) is 4.79 Å². The van der Waals surface area contributed by atoms with Gasteiger partial charge in [0.15, 0.2) is 5.11 Å². The second-order valence-corrected chi connectivity index (χ2v) is 8.93. The van der Waals surface area contributed by atoms with Crippen molar-refractivity contribution in [1.29, 1.82) is 0 Å². The van der Waals surface area contributed by atoms with E-state index in [-0.39, 0.29) is 11.0 Å². The summed E-state index contributed by atoms with van der Waals surface area (Å²) in [5.41, 5.74) is 4.33. The van der Waals surface area contributed by atoms with Crippen molar-refractivity contribution in [2.24, 2.45) is 0 Å². The highest BCUT2D eigenvalue weighted by atomic mass is 35.5. The number of thiazole rings is 1. The third kappa shape index (κ3) is 4.13. The van der Waals surface area contributed by atoms with Gasteiger partial charge in [-0.1, -0.05) is 23.7 Å². The molecule has 0 atom stereocenters. The van der Waals surface area contributed by atoms with E-state index in [4.69, 9.17) is 23.8 Å². The minimum Gasteiger partial charge on any atom is -0.332 e. The monoisotopic (exact) mass is 481 g/mol. The Balaban J connectivity index is 1.29. The summed E-state index contributed by atoms with van der Waals surface area (Å²) in [6.07, 6.45) is 0. The molecule has 5 rings (SSSR count). The number of fused-ring (bicyclic) bond motifs is 2. The molecular weight excluding hydrogens is 470 g/mol. The molecule has 0 bridgehead atoms. The fraction of sp³-hybridized carbons (Fsp3) is 0. The van der Waals surface area contributed by atoms with Gasteiger partial charge >= 0.3 is 0 Å². The standard InChI is InChI=1S/C21H12ClN5OS3/c22-14-10-12(6-7-13(14)20-24-16-3-1-2-4-18(16)30-20)23-21(29)25-19(28)11-5-8-15-17(9-11)27-31-26-15/h1-10H,(H2,23,25,28,29). The topological polar surface area (TPSA) is 79.8 Å². The van der Waals surface area contributed by atoms with E-state index in [1.165, 1.54) is 0 Å². The Morgan fingerprint density at radius 2 is 1.81 bits per heavy atom. The Kier molecular flexibility index (Phi) is 5.33. The number of amides is 1. The molecular formula is C21H12ClN5OS3. The number of rotatable bonds is 3. The maximum absolute atomic E-state index is 12.5. The van der Waals surface area contributed by atoms with Crippen LogP contribution in [0.15, 0.2) is 60.7 Å². The zero-order valence-corrected chi connectivity index (χ0v) is 18.8. The molecule has 2 heterocycles. The van der Waals surface area contributed by atoms with Gasteiger partial charge in [-0.2, -0.15) is 8.75 Å². The van der Waals surface area contributed by atoms with E-state index < -0.39 is 0 Å². The first-order valence-corrected chi connectivity index (χ1v) is 11.4. The quantitative estimate of drug-likeness (QED) is 0.319. The number of thiocarbonyl (C=S) groups is 1. The molecule has 0 aliphatic carbocycles. The number of hydrogen-bond acceptors (Lipinski definition) is 7. The lowest BCUT2D eigenvalue weighted by molar-refractivity contribution is 0.0978. The maximum Gasteiger partial charge on any atom is 0.257 e.